The molecule has 0 bridgehead atoms. The van der Waals surface area contributed by atoms with Gasteiger partial charge < -0.3 is 10.2 Å². The molecule has 0 spiro atoms. The van der Waals surface area contributed by atoms with E-state index in [1.54, 1.807) is 0 Å². The second-order valence-electron chi connectivity index (χ2n) is 3.12. The lowest BCUT2D eigenvalue weighted by Gasteiger charge is -2.16. The van der Waals surface area contributed by atoms with E-state index in [1.807, 2.05) is 0 Å². The average molecular weight is 230 g/mol. The van der Waals surface area contributed by atoms with Crippen LogP contribution in [0.4, 0.5) is 0 Å². The zero-order chi connectivity index (χ0) is 11.3. The molecule has 82 valence electrons. The van der Waals surface area contributed by atoms with Crippen LogP contribution in [0.3, 0.4) is 0 Å². The number of nitrogens with zero attached hydrogens (tertiary/aromatic N) is 1. The Kier molecular flexibility index (Phi) is 4.68. The van der Waals surface area contributed by atoms with Gasteiger partial charge >= 0.3 is 0 Å². The van der Waals surface area contributed by atoms with Crippen molar-refractivity contribution in [1.82, 2.24) is 4.98 Å². The quantitative estimate of drug-likeness (QED) is 0.582. The smallest absolute Gasteiger partial charge is 0.150 e. The van der Waals surface area contributed by atoms with E-state index in [9.17, 15) is 15.0 Å². The molecular formula is C10H12ClNO3. The van der Waals surface area contributed by atoms with Crippen LogP contribution >= 0.6 is 11.6 Å². The maximum absolute atomic E-state index is 10.5. The Balaban J connectivity index is 2.80. The predicted octanol–water partition coefficient (Wildman–Crippen LogP) is 0.917. The van der Waals surface area contributed by atoms with Crippen LogP contribution in [0.5, 0.6) is 0 Å². The molecule has 5 heteroatoms. The standard InChI is InChI=1S/C10H12ClNO3/c11-3-1-9(14)10(15)8-5-7(6-13)2-4-12-8/h2,4-6,9-10,14-15H,1,3H2. The first-order valence-corrected chi connectivity index (χ1v) is 5.05. The zero-order valence-corrected chi connectivity index (χ0v) is 8.76. The molecule has 0 fully saturated rings. The number of carbonyl (C=O) groups excluding carboxylic acids is 1. The molecule has 0 amide bonds. The molecule has 1 aromatic rings. The van der Waals surface area contributed by atoms with Crippen molar-refractivity contribution in [3.63, 3.8) is 0 Å². The van der Waals surface area contributed by atoms with E-state index in [4.69, 9.17) is 11.6 Å². The molecule has 0 radical (unpaired) electrons. The van der Waals surface area contributed by atoms with E-state index in [-0.39, 0.29) is 18.0 Å². The molecule has 1 heterocycles. The Morgan fingerprint density at radius 1 is 1.53 bits per heavy atom. The fourth-order valence-corrected chi connectivity index (χ4v) is 1.39. The topological polar surface area (TPSA) is 70.4 Å². The number of hydrogen-bond donors (Lipinski definition) is 2. The Bertz CT molecular complexity index is 332. The highest BCUT2D eigenvalue weighted by molar-refractivity contribution is 6.17. The number of aldehydes is 1. The van der Waals surface area contributed by atoms with Gasteiger partial charge in [0.1, 0.15) is 12.4 Å². The number of alkyl halides is 1. The van der Waals surface area contributed by atoms with Crippen LogP contribution in [0.25, 0.3) is 0 Å². The van der Waals surface area contributed by atoms with Gasteiger partial charge in [0.2, 0.25) is 0 Å². The second-order valence-corrected chi connectivity index (χ2v) is 3.50. The van der Waals surface area contributed by atoms with Crippen molar-refractivity contribution in [1.29, 1.82) is 0 Å². The first-order chi connectivity index (χ1) is 7.19. The van der Waals surface area contributed by atoms with E-state index < -0.39 is 12.2 Å². The molecule has 2 unspecified atom stereocenters. The number of rotatable bonds is 5. The van der Waals surface area contributed by atoms with Crippen molar-refractivity contribution in [2.45, 2.75) is 18.6 Å². The lowest BCUT2D eigenvalue weighted by Crippen LogP contribution is -2.19. The molecule has 0 aromatic carbocycles. The van der Waals surface area contributed by atoms with E-state index in [1.165, 1.54) is 18.3 Å². The number of aromatic nitrogens is 1. The van der Waals surface area contributed by atoms with Gasteiger partial charge in [-0.25, -0.2) is 0 Å². The Labute approximate surface area is 92.5 Å². The average Bonchev–Trinajstić information content (AvgIpc) is 2.28. The molecule has 0 aliphatic carbocycles. The van der Waals surface area contributed by atoms with Crippen molar-refractivity contribution in [2.75, 3.05) is 5.88 Å². The summed E-state index contributed by atoms with van der Waals surface area (Å²) in [6, 6.07) is 2.96. The minimum absolute atomic E-state index is 0.256. The van der Waals surface area contributed by atoms with Crippen LogP contribution in [0.1, 0.15) is 28.6 Å². The van der Waals surface area contributed by atoms with Crippen LogP contribution in [0.2, 0.25) is 0 Å². The maximum Gasteiger partial charge on any atom is 0.150 e. The fourth-order valence-electron chi connectivity index (χ4n) is 1.17. The molecule has 1 aromatic heterocycles. The van der Waals surface area contributed by atoms with Crippen molar-refractivity contribution in [3.05, 3.63) is 29.6 Å². The van der Waals surface area contributed by atoms with Crippen LogP contribution < -0.4 is 0 Å². The number of halogens is 1. The van der Waals surface area contributed by atoms with Gasteiger partial charge in [-0.2, -0.15) is 0 Å². The molecule has 0 aliphatic heterocycles. The Morgan fingerprint density at radius 2 is 2.27 bits per heavy atom. The third kappa shape index (κ3) is 3.27. The van der Waals surface area contributed by atoms with Gasteiger partial charge in [-0.05, 0) is 18.6 Å². The molecule has 15 heavy (non-hydrogen) atoms. The predicted molar refractivity (Wildman–Crippen MR) is 55.9 cm³/mol. The van der Waals surface area contributed by atoms with Crippen molar-refractivity contribution >= 4 is 17.9 Å². The first-order valence-electron chi connectivity index (χ1n) is 4.52. The van der Waals surface area contributed by atoms with Crippen LogP contribution in [-0.2, 0) is 0 Å². The summed E-state index contributed by atoms with van der Waals surface area (Å²) in [4.78, 5) is 14.4. The molecule has 2 N–H and O–H groups in total. The summed E-state index contributed by atoms with van der Waals surface area (Å²) in [6.07, 6.45) is 0.276. The van der Waals surface area contributed by atoms with E-state index in [0.29, 0.717) is 11.8 Å². The van der Waals surface area contributed by atoms with E-state index in [2.05, 4.69) is 4.98 Å². The SMILES string of the molecule is O=Cc1ccnc(C(O)C(O)CCCl)c1. The van der Waals surface area contributed by atoms with Gasteiger partial charge in [-0.15, -0.1) is 11.6 Å². The number of hydrogen-bond acceptors (Lipinski definition) is 4. The molecule has 0 saturated carbocycles. The molecule has 1 rings (SSSR count). The van der Waals surface area contributed by atoms with Gasteiger partial charge in [-0.1, -0.05) is 0 Å². The minimum Gasteiger partial charge on any atom is -0.390 e. The highest BCUT2D eigenvalue weighted by Crippen LogP contribution is 2.17. The monoisotopic (exact) mass is 229 g/mol. The summed E-state index contributed by atoms with van der Waals surface area (Å²) in [6.45, 7) is 0. The summed E-state index contributed by atoms with van der Waals surface area (Å²) in [5.41, 5.74) is 0.689. The van der Waals surface area contributed by atoms with Crippen molar-refractivity contribution < 1.29 is 15.0 Å². The normalized spacial score (nSPS) is 14.6. The molecule has 0 saturated heterocycles. The largest absolute Gasteiger partial charge is 0.390 e. The van der Waals surface area contributed by atoms with Gasteiger partial charge in [0.05, 0.1) is 11.8 Å². The highest BCUT2D eigenvalue weighted by Gasteiger charge is 2.19. The Hall–Kier alpha value is -0.970. The first kappa shape index (κ1) is 12.1. The van der Waals surface area contributed by atoms with Crippen LogP contribution in [0.15, 0.2) is 18.3 Å². The van der Waals surface area contributed by atoms with Gasteiger partial charge in [0.15, 0.2) is 0 Å². The molecule has 0 aliphatic rings. The number of aliphatic hydroxyl groups is 2. The molecule has 4 nitrogen and oxygen atoms in total. The summed E-state index contributed by atoms with van der Waals surface area (Å²) in [5, 5.41) is 19.1. The zero-order valence-electron chi connectivity index (χ0n) is 8.01. The number of carbonyl (C=O) groups is 1. The van der Waals surface area contributed by atoms with Gasteiger partial charge in [0, 0.05) is 17.6 Å². The number of pyridine rings is 1. The summed E-state index contributed by atoms with van der Waals surface area (Å²) in [5.74, 6) is 0.256. The molecule has 2 atom stereocenters. The second kappa shape index (κ2) is 5.80. The van der Waals surface area contributed by atoms with Crippen molar-refractivity contribution in [2.24, 2.45) is 0 Å². The summed E-state index contributed by atoms with van der Waals surface area (Å²) < 4.78 is 0. The van der Waals surface area contributed by atoms with Gasteiger partial charge in [0.25, 0.3) is 0 Å². The van der Waals surface area contributed by atoms with Gasteiger partial charge in [-0.3, -0.25) is 9.78 Å². The highest BCUT2D eigenvalue weighted by atomic mass is 35.5. The summed E-state index contributed by atoms with van der Waals surface area (Å²) in [7, 11) is 0. The van der Waals surface area contributed by atoms with Crippen LogP contribution in [0, 0.1) is 0 Å². The van der Waals surface area contributed by atoms with E-state index >= 15 is 0 Å². The lowest BCUT2D eigenvalue weighted by molar-refractivity contribution is 0.0144. The maximum atomic E-state index is 10.5. The van der Waals surface area contributed by atoms with E-state index in [0.717, 1.165) is 0 Å². The molecular weight excluding hydrogens is 218 g/mol. The lowest BCUT2D eigenvalue weighted by atomic mass is 10.1. The number of aliphatic hydroxyl groups excluding tert-OH is 2. The van der Waals surface area contributed by atoms with Crippen LogP contribution in [-0.4, -0.2) is 33.5 Å². The fraction of sp³-hybridized carbons (Fsp3) is 0.400. The Morgan fingerprint density at radius 3 is 2.87 bits per heavy atom. The third-order valence-corrected chi connectivity index (χ3v) is 2.23. The van der Waals surface area contributed by atoms with Crippen molar-refractivity contribution in [3.8, 4) is 0 Å². The summed E-state index contributed by atoms with van der Waals surface area (Å²) >= 11 is 5.44. The minimum atomic E-state index is -1.11. The third-order valence-electron chi connectivity index (χ3n) is 2.01.